The minimum Gasteiger partial charge on any atom is -0.492 e. The van der Waals surface area contributed by atoms with Crippen LogP contribution >= 0.6 is 12.4 Å². The van der Waals surface area contributed by atoms with Gasteiger partial charge in [0.15, 0.2) is 5.82 Å². The number of amides is 1. The van der Waals surface area contributed by atoms with Crippen molar-refractivity contribution in [1.29, 1.82) is 0 Å². The Morgan fingerprint density at radius 3 is 2.53 bits per heavy atom. The van der Waals surface area contributed by atoms with Crippen molar-refractivity contribution in [2.45, 2.75) is 39.4 Å². The first-order valence-corrected chi connectivity index (χ1v) is 14.5. The van der Waals surface area contributed by atoms with Crippen LogP contribution in [0.2, 0.25) is 0 Å². The molecule has 1 aliphatic carbocycles. The summed E-state index contributed by atoms with van der Waals surface area (Å²) in [6, 6.07) is 11.1. The number of imidazole rings is 1. The summed E-state index contributed by atoms with van der Waals surface area (Å²) in [5.41, 5.74) is 12.9. The van der Waals surface area contributed by atoms with Gasteiger partial charge in [-0.25, -0.2) is 19.0 Å². The number of carboxylic acid groups (broad SMARTS) is 1. The lowest BCUT2D eigenvalue weighted by Gasteiger charge is -2.12. The molecule has 0 unspecified atom stereocenters. The number of aromatic hydroxyl groups is 1. The number of benzene rings is 2. The number of hydrogen-bond donors (Lipinski definition) is 7. The van der Waals surface area contributed by atoms with Gasteiger partial charge in [0.1, 0.15) is 28.6 Å². The highest BCUT2D eigenvalue weighted by Gasteiger charge is 2.21. The van der Waals surface area contributed by atoms with Gasteiger partial charge < -0.3 is 32.3 Å². The van der Waals surface area contributed by atoms with E-state index >= 15 is 0 Å². The van der Waals surface area contributed by atoms with Gasteiger partial charge in [-0.3, -0.25) is 28.3 Å². The fraction of sp³-hybridized carbons (Fsp3) is 0.188. The van der Waals surface area contributed by atoms with Gasteiger partial charge >= 0.3 is 11.7 Å². The second kappa shape index (κ2) is 15.0. The first-order valence-electron chi connectivity index (χ1n) is 14.5. The molecule has 0 spiro atoms. The van der Waals surface area contributed by atoms with Gasteiger partial charge in [0, 0.05) is 36.3 Å². The molecule has 51 heavy (non-hydrogen) atoms. The van der Waals surface area contributed by atoms with Gasteiger partial charge in [-0.1, -0.05) is 30.8 Å². The molecule has 7 rings (SSSR count). The molecule has 1 aliphatic rings. The van der Waals surface area contributed by atoms with Crippen LogP contribution in [0.1, 0.15) is 63.1 Å². The number of aromatic amines is 1. The molecule has 0 saturated carbocycles. The molecule has 0 fully saturated rings. The van der Waals surface area contributed by atoms with E-state index in [0.717, 1.165) is 35.1 Å². The van der Waals surface area contributed by atoms with Crippen molar-refractivity contribution in [2.24, 2.45) is 5.73 Å². The number of fused-ring (bicyclic) bond motifs is 2. The molecule has 6 aromatic rings. The Hall–Kier alpha value is -6.40. The number of aromatic nitrogens is 5. The van der Waals surface area contributed by atoms with Crippen molar-refractivity contribution >= 4 is 41.4 Å². The number of carboxylic acids is 1. The lowest BCUT2D eigenvalue weighted by atomic mass is 10.0. The van der Waals surface area contributed by atoms with Crippen molar-refractivity contribution in [3.05, 3.63) is 119 Å². The summed E-state index contributed by atoms with van der Waals surface area (Å²) in [5, 5.41) is 27.6. The monoisotopic (exact) mass is 723 g/mol. The van der Waals surface area contributed by atoms with Gasteiger partial charge in [0.25, 0.3) is 16.8 Å². The van der Waals surface area contributed by atoms with Crippen molar-refractivity contribution in [1.82, 2.24) is 29.8 Å². The predicted molar refractivity (Wildman–Crippen MR) is 184 cm³/mol. The fourth-order valence-electron chi connectivity index (χ4n) is 5.30. The number of carbonyl (C=O) groups excluding carboxylic acids is 1. The Kier molecular flexibility index (Phi) is 11.0. The van der Waals surface area contributed by atoms with E-state index in [0.29, 0.717) is 11.4 Å². The Labute approximate surface area is 292 Å². The third-order valence-corrected chi connectivity index (χ3v) is 7.83. The van der Waals surface area contributed by atoms with Gasteiger partial charge in [-0.05, 0) is 47.7 Å². The van der Waals surface area contributed by atoms with E-state index in [1.165, 1.54) is 29.3 Å². The highest BCUT2D eigenvalue weighted by molar-refractivity contribution is 5.96. The van der Waals surface area contributed by atoms with Crippen LogP contribution in [-0.2, 0) is 19.5 Å². The number of nitrogens with two attached hydrogens (primary N) is 2. The zero-order chi connectivity index (χ0) is 35.0. The summed E-state index contributed by atoms with van der Waals surface area (Å²) in [4.78, 5) is 67.6. The molecular weight excluding hydrogens is 693 g/mol. The normalized spacial score (nSPS) is 13.0. The molecule has 3 aromatic heterocycles. The highest BCUT2D eigenvalue weighted by atomic mass is 35.5. The smallest absolute Gasteiger partial charge is 0.439 e. The molecule has 1 atom stereocenters. The fourth-order valence-corrected chi connectivity index (χ4v) is 5.30. The summed E-state index contributed by atoms with van der Waals surface area (Å²) >= 11 is 0. The van der Waals surface area contributed by atoms with Gasteiger partial charge in [0.2, 0.25) is 11.7 Å². The van der Waals surface area contributed by atoms with Gasteiger partial charge in [-0.15, -0.1) is 12.4 Å². The zero-order valence-corrected chi connectivity index (χ0v) is 26.4. The molecule has 3 aromatic carbocycles. The van der Waals surface area contributed by atoms with E-state index in [2.05, 4.69) is 35.3 Å². The number of anilines is 2. The second-order valence-electron chi connectivity index (χ2n) is 11.0. The maximum absolute atomic E-state index is 14.1. The Balaban J connectivity index is 0.000000272. The Bertz CT molecular complexity index is 2400. The first kappa shape index (κ1) is 37.4. The van der Waals surface area contributed by atoms with Crippen LogP contribution in [0.3, 0.4) is 0 Å². The van der Waals surface area contributed by atoms with Crippen LogP contribution in [0.25, 0.3) is 17.2 Å². The van der Waals surface area contributed by atoms with E-state index in [4.69, 9.17) is 11.5 Å². The number of H-pyrrole nitrogens is 1. The average molecular weight is 724 g/mol. The number of nitrogen functional groups attached to an aromatic ring is 1. The molecule has 17 nitrogen and oxygen atoms in total. The van der Waals surface area contributed by atoms with Gasteiger partial charge in [0.05, 0.1) is 6.20 Å². The molecule has 0 aliphatic heterocycles. The van der Waals surface area contributed by atoms with Gasteiger partial charge in [-0.2, -0.15) is 4.98 Å². The number of carbonyl (C=O) groups is 2. The van der Waals surface area contributed by atoms with E-state index in [-0.39, 0.29) is 73.1 Å². The molecule has 1 amide bonds. The van der Waals surface area contributed by atoms with E-state index in [1.807, 2.05) is 18.2 Å². The number of rotatable bonds is 8. The number of aromatic carboxylic acids is 1. The first-order chi connectivity index (χ1) is 23.4. The molecule has 0 radical (unpaired) electrons. The van der Waals surface area contributed by atoms with Crippen LogP contribution in [0.4, 0.5) is 15.8 Å². The van der Waals surface area contributed by atoms with E-state index < -0.39 is 40.2 Å². The molecule has 0 saturated heterocycles. The summed E-state index contributed by atoms with van der Waals surface area (Å²) < 4.78 is 19.6. The maximum atomic E-state index is 14.1. The largest absolute Gasteiger partial charge is 0.492 e. The lowest BCUT2D eigenvalue weighted by Crippen LogP contribution is -2.37. The number of nitrogens with one attached hydrogen (secondary N) is 3. The van der Waals surface area contributed by atoms with E-state index in [1.54, 1.807) is 0 Å². The van der Waals surface area contributed by atoms with Crippen LogP contribution in [0.5, 0.6) is 5.88 Å². The Morgan fingerprint density at radius 2 is 1.84 bits per heavy atom. The summed E-state index contributed by atoms with van der Waals surface area (Å²) in [7, 11) is 0. The lowest BCUT2D eigenvalue weighted by molar-refractivity contribution is 0.0688. The number of halogens is 2. The number of aryl methyl sites for hydroxylation is 1. The van der Waals surface area contributed by atoms with Crippen molar-refractivity contribution < 1.29 is 28.7 Å². The SMILES string of the molecule is C.Cl.N[C@H]1CCc2cc(-c3noc(=O)[nH]3)ccc21.Nc1c(NCc2cc(CNC(=O)c3cc(C(=O)O)n4cc(O)nc4n3)ccc2F)c(=O)c1=O. The number of hydrogen-bond acceptors (Lipinski definition) is 13. The maximum Gasteiger partial charge on any atom is 0.439 e. The van der Waals surface area contributed by atoms with Crippen LogP contribution in [0.15, 0.2) is 67.6 Å². The minimum absolute atomic E-state index is 0. The van der Waals surface area contributed by atoms with Crippen LogP contribution in [-0.4, -0.2) is 46.6 Å². The van der Waals surface area contributed by atoms with Crippen LogP contribution < -0.4 is 38.7 Å². The predicted octanol–water partition coefficient (Wildman–Crippen LogP) is 2.03. The highest BCUT2D eigenvalue weighted by Crippen LogP contribution is 2.31. The zero-order valence-electron chi connectivity index (χ0n) is 25.6. The molecule has 0 bridgehead atoms. The molecule has 19 heteroatoms. The third kappa shape index (κ3) is 7.61. The molecule has 9 N–H and O–H groups in total. The average Bonchev–Trinajstić information content (AvgIpc) is 3.81. The molecule has 266 valence electrons. The topological polar surface area (TPSA) is 274 Å². The minimum atomic E-state index is -1.35. The summed E-state index contributed by atoms with van der Waals surface area (Å²) in [6.07, 6.45) is 3.01. The Morgan fingerprint density at radius 1 is 1.08 bits per heavy atom. The van der Waals surface area contributed by atoms with Crippen molar-refractivity contribution in [2.75, 3.05) is 11.1 Å². The second-order valence-corrected chi connectivity index (χ2v) is 11.0. The quantitative estimate of drug-likeness (QED) is 0.111. The number of nitrogens with zero attached hydrogens (tertiary/aromatic N) is 4. The molecular formula is C32H31ClFN9O8. The van der Waals surface area contributed by atoms with Crippen LogP contribution in [0, 0.1) is 5.82 Å². The molecule has 3 heterocycles. The van der Waals surface area contributed by atoms with Crippen molar-refractivity contribution in [3.63, 3.8) is 0 Å². The third-order valence-electron chi connectivity index (χ3n) is 7.83. The van der Waals surface area contributed by atoms with Crippen molar-refractivity contribution in [3.8, 4) is 17.3 Å². The summed E-state index contributed by atoms with van der Waals surface area (Å²) in [5.74, 6) is -3.35. The standard InChI is InChI=1S/C20H15FN6O6.C11H11N3O2.CH4.ClH/c21-10-2-1-8(3-9(10)6-23-15-14(22)16(29)17(15)30)5-24-18(31)11-4-12(19(32)33)27-7-13(28)26-20(27)25-11;12-9-4-2-6-5-7(1-3-8(6)9)10-13-11(15)16-14-10;;/h1-4,7,23,28H,5-6,22H2,(H,24,31)(H,32,33);1,3,5,9H,2,4,12H2,(H,13,14,15);1H4;1H/t;9-;;/m.0../s1. The van der Waals surface area contributed by atoms with E-state index in [9.17, 15) is 38.6 Å². The summed E-state index contributed by atoms with van der Waals surface area (Å²) in [6.45, 7) is -0.171.